The predicted octanol–water partition coefficient (Wildman–Crippen LogP) is 1.70. The summed E-state index contributed by atoms with van der Waals surface area (Å²) in [7, 11) is 3.56. The molecule has 0 saturated carbocycles. The molecular formula is C12H13N3O. The Bertz CT molecular complexity index is 490. The van der Waals surface area contributed by atoms with Gasteiger partial charge in [-0.3, -0.25) is 4.79 Å². The summed E-state index contributed by atoms with van der Waals surface area (Å²) < 4.78 is 1.71. The van der Waals surface area contributed by atoms with E-state index in [2.05, 4.69) is 4.98 Å². The van der Waals surface area contributed by atoms with Crippen LogP contribution in [0, 0.1) is 0 Å². The highest BCUT2D eigenvalue weighted by molar-refractivity contribution is 6.04. The molecule has 1 heterocycles. The van der Waals surface area contributed by atoms with Crippen molar-refractivity contribution in [3.8, 4) is 0 Å². The molecule has 0 fully saturated rings. The number of nitrogens with zero attached hydrogens (tertiary/aromatic N) is 3. The van der Waals surface area contributed by atoms with Gasteiger partial charge in [0.2, 0.25) is 0 Å². The molecule has 4 heteroatoms. The van der Waals surface area contributed by atoms with E-state index in [0.29, 0.717) is 5.69 Å². The molecule has 82 valence electrons. The van der Waals surface area contributed by atoms with Crippen LogP contribution in [-0.4, -0.2) is 22.5 Å². The van der Waals surface area contributed by atoms with Gasteiger partial charge in [-0.15, -0.1) is 0 Å². The highest BCUT2D eigenvalue weighted by Crippen LogP contribution is 2.13. The van der Waals surface area contributed by atoms with E-state index in [9.17, 15) is 4.79 Å². The summed E-state index contributed by atoms with van der Waals surface area (Å²) in [6, 6.07) is 9.53. The lowest BCUT2D eigenvalue weighted by atomic mass is 10.3. The van der Waals surface area contributed by atoms with Crippen molar-refractivity contribution in [2.24, 2.45) is 7.05 Å². The van der Waals surface area contributed by atoms with Gasteiger partial charge in [-0.1, -0.05) is 18.2 Å². The fourth-order valence-electron chi connectivity index (χ4n) is 1.50. The number of amides is 1. The van der Waals surface area contributed by atoms with E-state index in [1.165, 1.54) is 0 Å². The largest absolute Gasteiger partial charge is 0.330 e. The Morgan fingerprint density at radius 3 is 2.56 bits per heavy atom. The summed E-state index contributed by atoms with van der Waals surface area (Å²) in [6.45, 7) is 0. The lowest BCUT2D eigenvalue weighted by Crippen LogP contribution is -2.27. The van der Waals surface area contributed by atoms with Gasteiger partial charge in [0.15, 0.2) is 0 Å². The first kappa shape index (κ1) is 10.4. The molecule has 1 aromatic carbocycles. The maximum Gasteiger partial charge on any atom is 0.276 e. The summed E-state index contributed by atoms with van der Waals surface area (Å²) in [5, 5.41) is 0. The zero-order chi connectivity index (χ0) is 11.5. The molecule has 0 atom stereocenters. The van der Waals surface area contributed by atoms with E-state index in [4.69, 9.17) is 0 Å². The van der Waals surface area contributed by atoms with Gasteiger partial charge in [0, 0.05) is 19.8 Å². The lowest BCUT2D eigenvalue weighted by Gasteiger charge is -2.16. The Morgan fingerprint density at radius 2 is 2.00 bits per heavy atom. The standard InChI is InChI=1S/C12H13N3O/c1-14-9-13-8-11(14)12(16)15(2)10-6-4-3-5-7-10/h3-9H,1-2H3. The van der Waals surface area contributed by atoms with Crippen LogP contribution >= 0.6 is 0 Å². The minimum atomic E-state index is -0.0637. The minimum Gasteiger partial charge on any atom is -0.330 e. The second-order valence-corrected chi connectivity index (χ2v) is 3.59. The molecule has 0 saturated heterocycles. The molecule has 0 aliphatic carbocycles. The number of anilines is 1. The Hall–Kier alpha value is -2.10. The topological polar surface area (TPSA) is 38.1 Å². The minimum absolute atomic E-state index is 0.0637. The molecule has 4 nitrogen and oxygen atoms in total. The predicted molar refractivity (Wildman–Crippen MR) is 62.4 cm³/mol. The van der Waals surface area contributed by atoms with Crippen molar-refractivity contribution in [1.82, 2.24) is 9.55 Å². The van der Waals surface area contributed by atoms with Crippen LogP contribution in [0.4, 0.5) is 5.69 Å². The van der Waals surface area contributed by atoms with Crippen molar-refractivity contribution in [2.45, 2.75) is 0 Å². The summed E-state index contributed by atoms with van der Waals surface area (Å²) in [4.78, 5) is 17.6. The molecule has 0 N–H and O–H groups in total. The molecule has 0 bridgehead atoms. The van der Waals surface area contributed by atoms with Crippen molar-refractivity contribution in [2.75, 3.05) is 11.9 Å². The highest BCUT2D eigenvalue weighted by atomic mass is 16.2. The molecule has 2 aromatic rings. The first-order valence-corrected chi connectivity index (χ1v) is 4.99. The Morgan fingerprint density at radius 1 is 1.31 bits per heavy atom. The Labute approximate surface area is 94.1 Å². The van der Waals surface area contributed by atoms with Crippen LogP contribution in [-0.2, 0) is 7.05 Å². The summed E-state index contributed by atoms with van der Waals surface area (Å²) in [5.74, 6) is -0.0637. The average Bonchev–Trinajstić information content (AvgIpc) is 2.75. The van der Waals surface area contributed by atoms with Crippen molar-refractivity contribution >= 4 is 11.6 Å². The van der Waals surface area contributed by atoms with Crippen LogP contribution in [0.5, 0.6) is 0 Å². The first-order chi connectivity index (χ1) is 7.70. The van der Waals surface area contributed by atoms with E-state index in [1.807, 2.05) is 30.3 Å². The molecule has 1 amide bonds. The van der Waals surface area contributed by atoms with Gasteiger partial charge in [-0.25, -0.2) is 4.98 Å². The second kappa shape index (κ2) is 4.18. The van der Waals surface area contributed by atoms with Crippen molar-refractivity contribution in [1.29, 1.82) is 0 Å². The highest BCUT2D eigenvalue weighted by Gasteiger charge is 2.15. The number of carbonyl (C=O) groups excluding carboxylic acids is 1. The van der Waals surface area contributed by atoms with Crippen LogP contribution in [0.25, 0.3) is 0 Å². The molecule has 2 rings (SSSR count). The van der Waals surface area contributed by atoms with Crippen LogP contribution in [0.15, 0.2) is 42.9 Å². The number of carbonyl (C=O) groups is 1. The third-order valence-corrected chi connectivity index (χ3v) is 2.48. The van der Waals surface area contributed by atoms with Crippen LogP contribution in [0.3, 0.4) is 0 Å². The summed E-state index contributed by atoms with van der Waals surface area (Å²) in [6.07, 6.45) is 3.19. The molecule has 0 unspecified atom stereocenters. The number of para-hydroxylation sites is 1. The number of aryl methyl sites for hydroxylation is 1. The molecule has 0 aliphatic heterocycles. The van der Waals surface area contributed by atoms with Gasteiger partial charge in [-0.2, -0.15) is 0 Å². The van der Waals surface area contributed by atoms with Crippen LogP contribution in [0.1, 0.15) is 10.5 Å². The van der Waals surface area contributed by atoms with E-state index in [1.54, 1.807) is 36.1 Å². The van der Waals surface area contributed by atoms with Gasteiger partial charge >= 0.3 is 0 Å². The van der Waals surface area contributed by atoms with Gasteiger partial charge in [-0.05, 0) is 12.1 Å². The normalized spacial score (nSPS) is 10.1. The first-order valence-electron chi connectivity index (χ1n) is 4.99. The van der Waals surface area contributed by atoms with E-state index < -0.39 is 0 Å². The molecule has 0 aliphatic rings. The summed E-state index contributed by atoms with van der Waals surface area (Å²) >= 11 is 0. The van der Waals surface area contributed by atoms with E-state index in [-0.39, 0.29) is 5.91 Å². The maximum absolute atomic E-state index is 12.1. The third kappa shape index (κ3) is 1.82. The van der Waals surface area contributed by atoms with Crippen LogP contribution < -0.4 is 4.90 Å². The molecule has 0 spiro atoms. The molecule has 1 aromatic heterocycles. The monoisotopic (exact) mass is 215 g/mol. The van der Waals surface area contributed by atoms with Crippen LogP contribution in [0.2, 0.25) is 0 Å². The lowest BCUT2D eigenvalue weighted by molar-refractivity contribution is 0.0985. The molecular weight excluding hydrogens is 202 g/mol. The summed E-state index contributed by atoms with van der Waals surface area (Å²) in [5.41, 5.74) is 1.44. The van der Waals surface area contributed by atoms with Crippen molar-refractivity contribution in [3.05, 3.63) is 48.5 Å². The quantitative estimate of drug-likeness (QED) is 0.764. The van der Waals surface area contributed by atoms with Gasteiger partial charge in [0.1, 0.15) is 5.69 Å². The van der Waals surface area contributed by atoms with Crippen molar-refractivity contribution in [3.63, 3.8) is 0 Å². The van der Waals surface area contributed by atoms with E-state index in [0.717, 1.165) is 5.69 Å². The van der Waals surface area contributed by atoms with Gasteiger partial charge in [0.25, 0.3) is 5.91 Å². The average molecular weight is 215 g/mol. The number of hydrogen-bond donors (Lipinski definition) is 0. The number of hydrogen-bond acceptors (Lipinski definition) is 2. The number of aromatic nitrogens is 2. The fourth-order valence-corrected chi connectivity index (χ4v) is 1.50. The Balaban J connectivity index is 2.27. The maximum atomic E-state index is 12.1. The molecule has 16 heavy (non-hydrogen) atoms. The molecule has 0 radical (unpaired) electrons. The van der Waals surface area contributed by atoms with Crippen molar-refractivity contribution < 1.29 is 4.79 Å². The van der Waals surface area contributed by atoms with Gasteiger partial charge < -0.3 is 9.47 Å². The van der Waals surface area contributed by atoms with E-state index >= 15 is 0 Å². The smallest absolute Gasteiger partial charge is 0.276 e. The zero-order valence-corrected chi connectivity index (χ0v) is 9.29. The SMILES string of the molecule is CN(C(=O)c1cncn1C)c1ccccc1. The Kier molecular flexibility index (Phi) is 2.72. The van der Waals surface area contributed by atoms with Gasteiger partial charge in [0.05, 0.1) is 12.5 Å². The fraction of sp³-hybridized carbons (Fsp3) is 0.167. The number of imidazole rings is 1. The third-order valence-electron chi connectivity index (χ3n) is 2.48. The number of rotatable bonds is 2. The number of benzene rings is 1. The second-order valence-electron chi connectivity index (χ2n) is 3.59. The zero-order valence-electron chi connectivity index (χ0n) is 9.29.